The van der Waals surface area contributed by atoms with Crippen molar-refractivity contribution >= 4 is 17.7 Å². The van der Waals surface area contributed by atoms with E-state index in [9.17, 15) is 9.59 Å². The van der Waals surface area contributed by atoms with Gasteiger partial charge < -0.3 is 10.2 Å². The van der Waals surface area contributed by atoms with Crippen LogP contribution in [0.2, 0.25) is 0 Å². The molecule has 0 aliphatic carbocycles. The highest BCUT2D eigenvalue weighted by molar-refractivity contribution is 6.02. The first-order chi connectivity index (χ1) is 8.49. The Labute approximate surface area is 106 Å². The number of rotatable bonds is 1. The molecule has 1 aliphatic heterocycles. The fourth-order valence-electron chi connectivity index (χ4n) is 2.12. The predicted molar refractivity (Wildman–Crippen MR) is 69.5 cm³/mol. The van der Waals surface area contributed by atoms with E-state index in [0.29, 0.717) is 12.2 Å². The standard InChI is InChI=1S/C13H17N3O2/c1-9-5-4-6-11(7-9)14-12(17)16-10(2)8-15(3)13(16)18/h4-7,10H,8H2,1-3H3,(H,14,17). The SMILES string of the molecule is Cc1cccc(NC(=O)N2C(=O)N(C)CC2C)c1. The average molecular weight is 247 g/mol. The zero-order valence-electron chi connectivity index (χ0n) is 10.8. The molecule has 0 bridgehead atoms. The highest BCUT2D eigenvalue weighted by Crippen LogP contribution is 2.17. The Hall–Kier alpha value is -2.04. The normalized spacial score (nSPS) is 19.3. The average Bonchev–Trinajstić information content (AvgIpc) is 2.53. The zero-order chi connectivity index (χ0) is 13.3. The van der Waals surface area contributed by atoms with Crippen LogP contribution < -0.4 is 5.32 Å². The summed E-state index contributed by atoms with van der Waals surface area (Å²) in [4.78, 5) is 26.7. The van der Waals surface area contributed by atoms with Crippen LogP contribution in [0.25, 0.3) is 0 Å². The fraction of sp³-hybridized carbons (Fsp3) is 0.385. The van der Waals surface area contributed by atoms with Gasteiger partial charge in [-0.2, -0.15) is 0 Å². The third-order valence-corrected chi connectivity index (χ3v) is 3.00. The molecular formula is C13H17N3O2. The number of nitrogens with zero attached hydrogens (tertiary/aromatic N) is 2. The van der Waals surface area contributed by atoms with Gasteiger partial charge in [0.15, 0.2) is 0 Å². The highest BCUT2D eigenvalue weighted by Gasteiger charge is 2.36. The number of carbonyl (C=O) groups is 2. The van der Waals surface area contributed by atoms with Gasteiger partial charge in [0, 0.05) is 19.3 Å². The summed E-state index contributed by atoms with van der Waals surface area (Å²) in [7, 11) is 1.69. The lowest BCUT2D eigenvalue weighted by molar-refractivity contribution is 0.190. The smallest absolute Gasteiger partial charge is 0.325 e. The Kier molecular flexibility index (Phi) is 3.23. The molecule has 1 N–H and O–H groups in total. The number of imide groups is 1. The van der Waals surface area contributed by atoms with E-state index in [4.69, 9.17) is 0 Å². The lowest BCUT2D eigenvalue weighted by Gasteiger charge is -2.18. The van der Waals surface area contributed by atoms with E-state index in [1.54, 1.807) is 18.0 Å². The molecule has 1 unspecified atom stereocenters. The van der Waals surface area contributed by atoms with Crippen LogP contribution in [0, 0.1) is 6.92 Å². The second kappa shape index (κ2) is 4.68. The van der Waals surface area contributed by atoms with Gasteiger partial charge in [-0.3, -0.25) is 0 Å². The third kappa shape index (κ3) is 2.30. The molecule has 5 nitrogen and oxygen atoms in total. The number of hydrogen-bond acceptors (Lipinski definition) is 2. The molecule has 5 heteroatoms. The molecule has 1 aliphatic rings. The van der Waals surface area contributed by atoms with Gasteiger partial charge in [0.25, 0.3) is 0 Å². The van der Waals surface area contributed by atoms with Crippen molar-refractivity contribution in [3.8, 4) is 0 Å². The number of carbonyl (C=O) groups excluding carboxylic acids is 2. The van der Waals surface area contributed by atoms with Gasteiger partial charge in [-0.15, -0.1) is 0 Å². The van der Waals surface area contributed by atoms with Gasteiger partial charge in [-0.25, -0.2) is 14.5 Å². The van der Waals surface area contributed by atoms with Crippen molar-refractivity contribution < 1.29 is 9.59 Å². The summed E-state index contributed by atoms with van der Waals surface area (Å²) in [5.41, 5.74) is 1.76. The Balaban J connectivity index is 2.11. The molecule has 96 valence electrons. The minimum atomic E-state index is -0.373. The number of nitrogens with one attached hydrogen (secondary N) is 1. The maximum absolute atomic E-state index is 12.1. The molecule has 0 radical (unpaired) electrons. The fourth-order valence-corrected chi connectivity index (χ4v) is 2.12. The van der Waals surface area contributed by atoms with E-state index in [2.05, 4.69) is 5.32 Å². The van der Waals surface area contributed by atoms with Crippen LogP contribution in [-0.2, 0) is 0 Å². The maximum Gasteiger partial charge on any atom is 0.330 e. The number of aryl methyl sites for hydroxylation is 1. The minimum Gasteiger partial charge on any atom is -0.325 e. The van der Waals surface area contributed by atoms with Crippen molar-refractivity contribution in [1.82, 2.24) is 9.80 Å². The van der Waals surface area contributed by atoms with Crippen LogP contribution in [0.3, 0.4) is 0 Å². The van der Waals surface area contributed by atoms with Gasteiger partial charge >= 0.3 is 12.1 Å². The largest absolute Gasteiger partial charge is 0.330 e. The molecule has 4 amide bonds. The number of urea groups is 2. The van der Waals surface area contributed by atoms with E-state index < -0.39 is 0 Å². The van der Waals surface area contributed by atoms with Crippen molar-refractivity contribution in [3.05, 3.63) is 29.8 Å². The van der Waals surface area contributed by atoms with Gasteiger partial charge in [-0.05, 0) is 31.5 Å². The van der Waals surface area contributed by atoms with E-state index in [0.717, 1.165) is 5.56 Å². The van der Waals surface area contributed by atoms with Gasteiger partial charge in [0.2, 0.25) is 0 Å². The maximum atomic E-state index is 12.1. The van der Waals surface area contributed by atoms with Gasteiger partial charge in [0.1, 0.15) is 0 Å². The number of likely N-dealkylation sites (N-methyl/N-ethyl adjacent to an activating group) is 1. The Morgan fingerprint density at radius 1 is 1.44 bits per heavy atom. The Morgan fingerprint density at radius 3 is 2.72 bits per heavy atom. The molecule has 1 fully saturated rings. The van der Waals surface area contributed by atoms with Crippen molar-refractivity contribution in [3.63, 3.8) is 0 Å². The number of amides is 4. The van der Waals surface area contributed by atoms with Gasteiger partial charge in [-0.1, -0.05) is 12.1 Å². The molecule has 1 heterocycles. The van der Waals surface area contributed by atoms with Crippen molar-refractivity contribution in [1.29, 1.82) is 0 Å². The first kappa shape index (κ1) is 12.4. The van der Waals surface area contributed by atoms with Crippen molar-refractivity contribution in [2.45, 2.75) is 19.9 Å². The molecule has 1 aromatic carbocycles. The molecule has 0 aromatic heterocycles. The summed E-state index contributed by atoms with van der Waals surface area (Å²) in [6.07, 6.45) is 0. The van der Waals surface area contributed by atoms with Crippen molar-refractivity contribution in [2.24, 2.45) is 0 Å². The highest BCUT2D eigenvalue weighted by atomic mass is 16.2. The summed E-state index contributed by atoms with van der Waals surface area (Å²) < 4.78 is 0. The molecule has 0 spiro atoms. The lowest BCUT2D eigenvalue weighted by Crippen LogP contribution is -2.41. The van der Waals surface area contributed by atoms with Crippen LogP contribution in [-0.4, -0.2) is 41.5 Å². The van der Waals surface area contributed by atoms with Crippen LogP contribution >= 0.6 is 0 Å². The summed E-state index contributed by atoms with van der Waals surface area (Å²) in [5, 5.41) is 2.75. The number of anilines is 1. The first-order valence-corrected chi connectivity index (χ1v) is 5.91. The monoisotopic (exact) mass is 247 g/mol. The van der Waals surface area contributed by atoms with E-state index in [1.165, 1.54) is 4.90 Å². The van der Waals surface area contributed by atoms with E-state index in [1.807, 2.05) is 32.0 Å². The second-order valence-electron chi connectivity index (χ2n) is 4.68. The number of benzene rings is 1. The molecule has 2 rings (SSSR count). The van der Waals surface area contributed by atoms with Crippen molar-refractivity contribution in [2.75, 3.05) is 18.9 Å². The topological polar surface area (TPSA) is 52.7 Å². The Bertz CT molecular complexity index is 487. The van der Waals surface area contributed by atoms with Crippen LogP contribution in [0.5, 0.6) is 0 Å². The van der Waals surface area contributed by atoms with Crippen LogP contribution in [0.4, 0.5) is 15.3 Å². The summed E-state index contributed by atoms with van der Waals surface area (Å²) in [5.74, 6) is 0. The minimum absolute atomic E-state index is 0.104. The van der Waals surface area contributed by atoms with E-state index in [-0.39, 0.29) is 18.1 Å². The molecule has 1 atom stereocenters. The molecule has 1 saturated heterocycles. The molecule has 1 aromatic rings. The molecule has 18 heavy (non-hydrogen) atoms. The second-order valence-corrected chi connectivity index (χ2v) is 4.68. The summed E-state index contributed by atoms with van der Waals surface area (Å²) >= 11 is 0. The Morgan fingerprint density at radius 2 is 2.17 bits per heavy atom. The predicted octanol–water partition coefficient (Wildman–Crippen LogP) is 2.28. The van der Waals surface area contributed by atoms with E-state index >= 15 is 0 Å². The zero-order valence-corrected chi connectivity index (χ0v) is 10.8. The summed E-state index contributed by atoms with van der Waals surface area (Å²) in [6.45, 7) is 4.38. The van der Waals surface area contributed by atoms with Crippen LogP contribution in [0.1, 0.15) is 12.5 Å². The number of hydrogen-bond donors (Lipinski definition) is 1. The third-order valence-electron chi connectivity index (χ3n) is 3.00. The molecular weight excluding hydrogens is 230 g/mol. The lowest BCUT2D eigenvalue weighted by atomic mass is 10.2. The van der Waals surface area contributed by atoms with Crippen LogP contribution in [0.15, 0.2) is 24.3 Å². The molecule has 0 saturated carbocycles. The summed E-state index contributed by atoms with van der Waals surface area (Å²) in [6, 6.07) is 6.76. The van der Waals surface area contributed by atoms with Gasteiger partial charge in [0.05, 0.1) is 6.04 Å². The quantitative estimate of drug-likeness (QED) is 0.827. The first-order valence-electron chi connectivity index (χ1n) is 5.91.